The van der Waals surface area contributed by atoms with Crippen molar-refractivity contribution >= 4 is 54.9 Å². The molecule has 0 aliphatic rings. The van der Waals surface area contributed by atoms with Crippen LogP contribution in [0.4, 0.5) is 11.5 Å². The number of aromatic nitrogens is 2. The molecule has 136 valence electrons. The Labute approximate surface area is 165 Å². The Bertz CT molecular complexity index is 966. The zero-order chi connectivity index (χ0) is 18.8. The first kappa shape index (κ1) is 18.8. The number of thiophene rings is 1. The number of benzene rings is 1. The number of carbonyl (C=O) groups is 1. The Balaban J connectivity index is 2.01. The van der Waals surface area contributed by atoms with E-state index in [0.29, 0.717) is 4.88 Å². The van der Waals surface area contributed by atoms with Gasteiger partial charge in [-0.15, -0.1) is 11.3 Å². The number of hydrogen-bond acceptors (Lipinski definition) is 5. The molecular weight excluding hydrogens is 412 g/mol. The van der Waals surface area contributed by atoms with Gasteiger partial charge in [-0.05, 0) is 66.9 Å². The molecule has 0 saturated carbocycles. The molecule has 0 radical (unpaired) electrons. The van der Waals surface area contributed by atoms with Gasteiger partial charge in [0.05, 0.1) is 16.0 Å². The lowest BCUT2D eigenvalue weighted by atomic mass is 10.1. The first-order valence-corrected chi connectivity index (χ1v) is 10.1. The van der Waals surface area contributed by atoms with E-state index < -0.39 is 0 Å². The van der Waals surface area contributed by atoms with Gasteiger partial charge in [0.2, 0.25) is 0 Å². The largest absolute Gasteiger partial charge is 0.357 e. The van der Waals surface area contributed by atoms with Crippen molar-refractivity contribution in [2.45, 2.75) is 27.7 Å². The topological polar surface area (TPSA) is 58.1 Å². The second-order valence-corrected chi connectivity index (χ2v) is 7.90. The van der Waals surface area contributed by atoms with Crippen LogP contribution in [0, 0.1) is 13.8 Å². The van der Waals surface area contributed by atoms with E-state index in [1.54, 1.807) is 6.33 Å². The lowest BCUT2D eigenvalue weighted by Gasteiger charge is -2.20. The molecule has 0 spiro atoms. The fourth-order valence-electron chi connectivity index (χ4n) is 2.93. The molecule has 3 rings (SSSR count). The molecule has 3 aromatic rings. The molecule has 1 amide bonds. The Hall–Kier alpha value is -1.99. The van der Waals surface area contributed by atoms with E-state index in [9.17, 15) is 4.79 Å². The normalized spacial score (nSPS) is 11.0. The first-order chi connectivity index (χ1) is 12.5. The number of carbonyl (C=O) groups excluding carboxylic acids is 1. The van der Waals surface area contributed by atoms with Crippen molar-refractivity contribution in [2.24, 2.45) is 0 Å². The SMILES string of the molecule is CCN(CC)c1ncnc2sc(C(=O)Nc3ccc(C)cc3Br)c(C)c12. The summed E-state index contributed by atoms with van der Waals surface area (Å²) >= 11 is 4.92. The minimum atomic E-state index is -0.124. The van der Waals surface area contributed by atoms with Crippen LogP contribution in [-0.2, 0) is 0 Å². The number of rotatable bonds is 5. The van der Waals surface area contributed by atoms with Crippen molar-refractivity contribution in [3.63, 3.8) is 0 Å². The van der Waals surface area contributed by atoms with Crippen LogP contribution < -0.4 is 10.2 Å². The zero-order valence-corrected chi connectivity index (χ0v) is 17.7. The van der Waals surface area contributed by atoms with Crippen LogP contribution in [0.1, 0.15) is 34.6 Å². The maximum Gasteiger partial charge on any atom is 0.266 e. The molecule has 5 nitrogen and oxygen atoms in total. The Kier molecular flexibility index (Phi) is 5.58. The van der Waals surface area contributed by atoms with Crippen molar-refractivity contribution in [2.75, 3.05) is 23.3 Å². The molecule has 0 fully saturated rings. The molecule has 0 unspecified atom stereocenters. The fraction of sp³-hybridized carbons (Fsp3) is 0.316. The number of amides is 1. The molecule has 0 atom stereocenters. The second kappa shape index (κ2) is 7.72. The van der Waals surface area contributed by atoms with E-state index in [-0.39, 0.29) is 5.91 Å². The quantitative estimate of drug-likeness (QED) is 0.603. The molecule has 2 heterocycles. The molecule has 0 aliphatic carbocycles. The molecule has 2 aromatic heterocycles. The van der Waals surface area contributed by atoms with Gasteiger partial charge in [0.25, 0.3) is 5.91 Å². The van der Waals surface area contributed by atoms with Crippen molar-refractivity contribution in [1.29, 1.82) is 0 Å². The second-order valence-electron chi connectivity index (χ2n) is 6.04. The fourth-order valence-corrected chi connectivity index (χ4v) is 4.56. The van der Waals surface area contributed by atoms with E-state index in [4.69, 9.17) is 0 Å². The van der Waals surface area contributed by atoms with Crippen molar-refractivity contribution in [1.82, 2.24) is 9.97 Å². The lowest BCUT2D eigenvalue weighted by molar-refractivity contribution is 0.103. The molecule has 1 N–H and O–H groups in total. The highest BCUT2D eigenvalue weighted by Crippen LogP contribution is 2.35. The predicted octanol–water partition coefficient (Wildman–Crippen LogP) is 5.17. The molecule has 26 heavy (non-hydrogen) atoms. The van der Waals surface area contributed by atoms with Gasteiger partial charge >= 0.3 is 0 Å². The van der Waals surface area contributed by atoms with Gasteiger partial charge in [0.1, 0.15) is 17.0 Å². The van der Waals surface area contributed by atoms with Gasteiger partial charge in [-0.1, -0.05) is 6.07 Å². The number of nitrogens with one attached hydrogen (secondary N) is 1. The number of fused-ring (bicyclic) bond motifs is 1. The number of hydrogen-bond donors (Lipinski definition) is 1. The maximum atomic E-state index is 12.9. The van der Waals surface area contributed by atoms with Crippen LogP contribution in [-0.4, -0.2) is 29.0 Å². The summed E-state index contributed by atoms with van der Waals surface area (Å²) in [6.45, 7) is 9.89. The highest BCUT2D eigenvalue weighted by atomic mass is 79.9. The highest BCUT2D eigenvalue weighted by molar-refractivity contribution is 9.10. The molecular formula is C19H21BrN4OS. The third-order valence-corrected chi connectivity index (χ3v) is 6.20. The van der Waals surface area contributed by atoms with Crippen molar-refractivity contribution in [3.05, 3.63) is 45.0 Å². The third kappa shape index (κ3) is 3.46. The van der Waals surface area contributed by atoms with Crippen LogP contribution in [0.2, 0.25) is 0 Å². The standard InChI is InChI=1S/C19H21BrN4OS/c1-5-24(6-2)17-15-12(4)16(26-19(15)22-10-21-17)18(25)23-14-8-7-11(3)9-13(14)20/h7-10H,5-6H2,1-4H3,(H,23,25). The number of nitrogens with zero attached hydrogens (tertiary/aromatic N) is 3. The lowest BCUT2D eigenvalue weighted by Crippen LogP contribution is -2.23. The average molecular weight is 433 g/mol. The van der Waals surface area contributed by atoms with E-state index >= 15 is 0 Å². The maximum absolute atomic E-state index is 12.9. The van der Waals surface area contributed by atoms with Gasteiger partial charge < -0.3 is 10.2 Å². The van der Waals surface area contributed by atoms with Crippen molar-refractivity contribution in [3.8, 4) is 0 Å². The summed E-state index contributed by atoms with van der Waals surface area (Å²) in [4.78, 5) is 25.4. The summed E-state index contributed by atoms with van der Waals surface area (Å²) in [5.74, 6) is 0.768. The highest BCUT2D eigenvalue weighted by Gasteiger charge is 2.21. The van der Waals surface area contributed by atoms with Gasteiger partial charge in [-0.25, -0.2) is 9.97 Å². The summed E-state index contributed by atoms with van der Waals surface area (Å²) in [7, 11) is 0. The van der Waals surface area contributed by atoms with E-state index in [2.05, 4.69) is 50.0 Å². The van der Waals surface area contributed by atoms with Gasteiger partial charge in [0.15, 0.2) is 0 Å². The van der Waals surface area contributed by atoms with Crippen LogP contribution >= 0.6 is 27.3 Å². The smallest absolute Gasteiger partial charge is 0.266 e. The molecule has 1 aromatic carbocycles. The summed E-state index contributed by atoms with van der Waals surface area (Å²) in [6.07, 6.45) is 1.57. The Morgan fingerprint density at radius 3 is 2.62 bits per heavy atom. The minimum Gasteiger partial charge on any atom is -0.357 e. The van der Waals surface area contributed by atoms with Crippen LogP contribution in [0.15, 0.2) is 29.0 Å². The van der Waals surface area contributed by atoms with E-state index in [1.807, 2.05) is 32.0 Å². The summed E-state index contributed by atoms with van der Waals surface area (Å²) < 4.78 is 0.869. The number of aryl methyl sites for hydroxylation is 2. The number of anilines is 2. The van der Waals surface area contributed by atoms with Gasteiger partial charge in [-0.3, -0.25) is 4.79 Å². The predicted molar refractivity (Wildman–Crippen MR) is 113 cm³/mol. The molecule has 7 heteroatoms. The van der Waals surface area contributed by atoms with E-state index in [0.717, 1.165) is 50.4 Å². The Morgan fingerprint density at radius 2 is 1.96 bits per heavy atom. The summed E-state index contributed by atoms with van der Waals surface area (Å²) in [5.41, 5.74) is 2.81. The Morgan fingerprint density at radius 1 is 1.23 bits per heavy atom. The van der Waals surface area contributed by atoms with Crippen LogP contribution in [0.25, 0.3) is 10.2 Å². The average Bonchev–Trinajstić information content (AvgIpc) is 2.96. The van der Waals surface area contributed by atoms with Gasteiger partial charge in [0, 0.05) is 17.6 Å². The monoisotopic (exact) mass is 432 g/mol. The van der Waals surface area contributed by atoms with E-state index in [1.165, 1.54) is 11.3 Å². The third-order valence-electron chi connectivity index (χ3n) is 4.35. The van der Waals surface area contributed by atoms with Gasteiger partial charge in [-0.2, -0.15) is 0 Å². The summed E-state index contributed by atoms with van der Waals surface area (Å²) in [5, 5.41) is 3.96. The molecule has 0 aliphatic heterocycles. The first-order valence-electron chi connectivity index (χ1n) is 8.52. The van der Waals surface area contributed by atoms with Crippen LogP contribution in [0.3, 0.4) is 0 Å². The number of halogens is 1. The molecule has 0 saturated heterocycles. The molecule has 0 bridgehead atoms. The van der Waals surface area contributed by atoms with Crippen LogP contribution in [0.5, 0.6) is 0 Å². The summed E-state index contributed by atoms with van der Waals surface area (Å²) in [6, 6.07) is 5.86. The minimum absolute atomic E-state index is 0.124. The van der Waals surface area contributed by atoms with Crippen molar-refractivity contribution < 1.29 is 4.79 Å². The zero-order valence-electron chi connectivity index (χ0n) is 15.3.